The summed E-state index contributed by atoms with van der Waals surface area (Å²) in [7, 11) is 0. The summed E-state index contributed by atoms with van der Waals surface area (Å²) in [5.74, 6) is -9.48. The average molecular weight is 295 g/mol. The van der Waals surface area contributed by atoms with Crippen LogP contribution in [0.1, 0.15) is 10.4 Å². The van der Waals surface area contributed by atoms with Crippen LogP contribution in [-0.2, 0) is 4.74 Å². The number of thiol groups is 1. The van der Waals surface area contributed by atoms with Crippen molar-refractivity contribution in [1.82, 2.24) is 0 Å². The molecule has 0 spiro atoms. The van der Waals surface area contributed by atoms with E-state index in [1.165, 1.54) is 0 Å². The minimum absolute atomic E-state index is 0.0523. The molecule has 0 bridgehead atoms. The Labute approximate surface area is 109 Å². The highest BCUT2D eigenvalue weighted by Crippen LogP contribution is 2.30. The third kappa shape index (κ3) is 2.91. The average Bonchev–Trinajstić information content (AvgIpc) is 2.39. The van der Waals surface area contributed by atoms with Gasteiger partial charge in [-0.05, 0) is 5.53 Å². The molecule has 0 aliphatic carbocycles. The highest BCUT2D eigenvalue weighted by Gasteiger charge is 2.29. The van der Waals surface area contributed by atoms with Crippen molar-refractivity contribution < 1.29 is 27.1 Å². The predicted octanol–water partition coefficient (Wildman–Crippen LogP) is 3.27. The van der Waals surface area contributed by atoms with E-state index in [9.17, 15) is 22.4 Å². The van der Waals surface area contributed by atoms with Crippen LogP contribution in [0.4, 0.5) is 23.2 Å². The second kappa shape index (κ2) is 6.30. The molecule has 0 aromatic heterocycles. The molecule has 0 unspecified atom stereocenters. The molecule has 1 aromatic rings. The normalized spacial score (nSPS) is 9.95. The predicted molar refractivity (Wildman–Crippen MR) is 59.2 cm³/mol. The third-order valence-electron chi connectivity index (χ3n) is 1.91. The zero-order valence-electron chi connectivity index (χ0n) is 9.03. The molecule has 19 heavy (non-hydrogen) atoms. The minimum atomic E-state index is -1.99. The number of esters is 1. The molecule has 0 saturated heterocycles. The topological polar surface area (TPSA) is 75.1 Å². The van der Waals surface area contributed by atoms with Gasteiger partial charge < -0.3 is 4.74 Å². The lowest BCUT2D eigenvalue weighted by Gasteiger charge is -2.08. The van der Waals surface area contributed by atoms with Crippen molar-refractivity contribution in [1.29, 1.82) is 0 Å². The molecule has 0 atom stereocenters. The Morgan fingerprint density at radius 1 is 1.21 bits per heavy atom. The first-order chi connectivity index (χ1) is 8.95. The van der Waals surface area contributed by atoms with Crippen LogP contribution >= 0.6 is 12.6 Å². The van der Waals surface area contributed by atoms with Gasteiger partial charge in [0.25, 0.3) is 0 Å². The van der Waals surface area contributed by atoms with E-state index < -0.39 is 40.5 Å². The van der Waals surface area contributed by atoms with Gasteiger partial charge in [-0.3, -0.25) is 0 Å². The number of carbonyl (C=O) groups is 1. The van der Waals surface area contributed by atoms with E-state index in [2.05, 4.69) is 22.5 Å². The molecule has 0 radical (unpaired) electrons. The van der Waals surface area contributed by atoms with Crippen LogP contribution in [0.3, 0.4) is 0 Å². The molecule has 0 fully saturated rings. The van der Waals surface area contributed by atoms with Gasteiger partial charge in [0.2, 0.25) is 0 Å². The fourth-order valence-electron chi connectivity index (χ4n) is 1.14. The smallest absolute Gasteiger partial charge is 0.344 e. The summed E-state index contributed by atoms with van der Waals surface area (Å²) in [6, 6.07) is 0. The maximum atomic E-state index is 13.4. The molecule has 0 saturated carbocycles. The van der Waals surface area contributed by atoms with Gasteiger partial charge in [-0.1, -0.05) is 5.11 Å². The Morgan fingerprint density at radius 2 is 1.74 bits per heavy atom. The van der Waals surface area contributed by atoms with Crippen LogP contribution in [0.15, 0.2) is 5.11 Å². The van der Waals surface area contributed by atoms with Crippen LogP contribution in [0, 0.1) is 23.3 Å². The van der Waals surface area contributed by atoms with Crippen LogP contribution in [0.25, 0.3) is 10.4 Å². The van der Waals surface area contributed by atoms with Crippen LogP contribution in [0.2, 0.25) is 0 Å². The number of hydrogen-bond acceptors (Lipinski definition) is 4. The number of hydrogen-bond donors (Lipinski definition) is 1. The van der Waals surface area contributed by atoms with Crippen molar-refractivity contribution in [3.05, 3.63) is 39.3 Å². The maximum Gasteiger partial charge on any atom is 0.344 e. The van der Waals surface area contributed by atoms with E-state index in [-0.39, 0.29) is 12.4 Å². The van der Waals surface area contributed by atoms with Crippen molar-refractivity contribution in [2.24, 2.45) is 5.11 Å². The van der Waals surface area contributed by atoms with Crippen LogP contribution < -0.4 is 0 Å². The first-order valence-corrected chi connectivity index (χ1v) is 5.28. The number of rotatable bonds is 4. The molecule has 102 valence electrons. The second-order valence-corrected chi connectivity index (χ2v) is 3.48. The van der Waals surface area contributed by atoms with Gasteiger partial charge in [0.1, 0.15) is 17.9 Å². The summed E-state index contributed by atoms with van der Waals surface area (Å²) < 4.78 is 57.8. The van der Waals surface area contributed by atoms with E-state index in [1.54, 1.807) is 0 Å². The molecule has 0 N–H and O–H groups in total. The van der Waals surface area contributed by atoms with E-state index in [0.29, 0.717) is 0 Å². The molecule has 0 amide bonds. The van der Waals surface area contributed by atoms with Gasteiger partial charge in [0, 0.05) is 10.7 Å². The lowest BCUT2D eigenvalue weighted by Crippen LogP contribution is -2.14. The Kier molecular flexibility index (Phi) is 5.02. The van der Waals surface area contributed by atoms with E-state index in [4.69, 9.17) is 5.53 Å². The van der Waals surface area contributed by atoms with Gasteiger partial charge in [-0.2, -0.15) is 12.6 Å². The molecule has 1 aromatic carbocycles. The number of benzene rings is 1. The first kappa shape index (κ1) is 15.1. The summed E-state index contributed by atoms with van der Waals surface area (Å²) in [4.78, 5) is 13.3. The van der Waals surface area contributed by atoms with Gasteiger partial charge >= 0.3 is 5.97 Å². The monoisotopic (exact) mass is 295 g/mol. The van der Waals surface area contributed by atoms with Crippen molar-refractivity contribution in [2.45, 2.75) is 0 Å². The van der Waals surface area contributed by atoms with E-state index in [1.807, 2.05) is 4.91 Å². The number of ether oxygens (including phenoxy) is 1. The molecular formula is C9H5F4N3O2S. The number of carbonyl (C=O) groups excluding carboxylic acids is 1. The third-order valence-corrected chi connectivity index (χ3v) is 2.10. The fraction of sp³-hybridized carbons (Fsp3) is 0.222. The van der Waals surface area contributed by atoms with Gasteiger partial charge in [0.15, 0.2) is 23.3 Å². The summed E-state index contributed by atoms with van der Waals surface area (Å²) in [6.07, 6.45) is 0. The van der Waals surface area contributed by atoms with Gasteiger partial charge in [-0.25, -0.2) is 22.4 Å². The second-order valence-electron chi connectivity index (χ2n) is 3.03. The molecule has 10 heteroatoms. The lowest BCUT2D eigenvalue weighted by molar-refractivity contribution is 0.0516. The minimum Gasteiger partial charge on any atom is -0.461 e. The standard InChI is InChI=1S/C9H5F4N3O2S/c10-4-3(9(17)18-1-2-19)5(11)7(13)8(6(4)12)15-16-14/h19H,1-2H2. The largest absolute Gasteiger partial charge is 0.461 e. The molecule has 1 rings (SSSR count). The molecule has 0 aliphatic heterocycles. The fourth-order valence-corrected chi connectivity index (χ4v) is 1.23. The van der Waals surface area contributed by atoms with Crippen molar-refractivity contribution >= 4 is 24.3 Å². The van der Waals surface area contributed by atoms with E-state index in [0.717, 1.165) is 0 Å². The summed E-state index contributed by atoms with van der Waals surface area (Å²) >= 11 is 3.68. The maximum absolute atomic E-state index is 13.4. The molecule has 5 nitrogen and oxygen atoms in total. The number of nitrogens with zero attached hydrogens (tertiary/aromatic N) is 3. The lowest BCUT2D eigenvalue weighted by atomic mass is 10.1. The quantitative estimate of drug-likeness (QED) is 0.176. The SMILES string of the molecule is [N-]=[N+]=Nc1c(F)c(F)c(C(=O)OCCS)c(F)c1F. The highest BCUT2D eigenvalue weighted by molar-refractivity contribution is 7.80. The molecule has 0 aliphatic rings. The zero-order valence-corrected chi connectivity index (χ0v) is 9.93. The Morgan fingerprint density at radius 3 is 2.16 bits per heavy atom. The summed E-state index contributed by atoms with van der Waals surface area (Å²) in [5, 5.41) is 2.48. The Bertz CT molecular complexity index is 546. The Balaban J connectivity index is 3.43. The number of azide groups is 1. The first-order valence-electron chi connectivity index (χ1n) is 4.64. The summed E-state index contributed by atoms with van der Waals surface area (Å²) in [6.45, 7) is -0.303. The van der Waals surface area contributed by atoms with E-state index >= 15 is 0 Å². The van der Waals surface area contributed by atoms with Crippen molar-refractivity contribution in [3.63, 3.8) is 0 Å². The highest BCUT2D eigenvalue weighted by atomic mass is 32.1. The molecule has 0 heterocycles. The summed E-state index contributed by atoms with van der Waals surface area (Å²) in [5.41, 5.74) is 4.99. The van der Waals surface area contributed by atoms with Crippen molar-refractivity contribution in [2.75, 3.05) is 12.4 Å². The van der Waals surface area contributed by atoms with Crippen LogP contribution in [0.5, 0.6) is 0 Å². The zero-order chi connectivity index (χ0) is 14.6. The van der Waals surface area contributed by atoms with Gasteiger partial charge in [-0.15, -0.1) is 0 Å². The van der Waals surface area contributed by atoms with Gasteiger partial charge in [0.05, 0.1) is 0 Å². The van der Waals surface area contributed by atoms with Crippen LogP contribution in [-0.4, -0.2) is 18.3 Å². The Hall–Kier alpha value is -1.93. The number of halogens is 4. The van der Waals surface area contributed by atoms with Crippen molar-refractivity contribution in [3.8, 4) is 0 Å². The molecular weight excluding hydrogens is 290 g/mol.